The van der Waals surface area contributed by atoms with Crippen LogP contribution < -0.4 is 0 Å². The molecular formula is C11H17F3. The number of alkyl halides is 3. The summed E-state index contributed by atoms with van der Waals surface area (Å²) in [5, 5.41) is 0. The van der Waals surface area contributed by atoms with Crippen molar-refractivity contribution in [1.82, 2.24) is 0 Å². The SMILES string of the molecule is CC1(F)CC2(C)CC(F)CC(F)(C1)C2. The van der Waals surface area contributed by atoms with Gasteiger partial charge in [-0.15, -0.1) is 0 Å². The van der Waals surface area contributed by atoms with Crippen molar-refractivity contribution in [3.63, 3.8) is 0 Å². The minimum Gasteiger partial charge on any atom is -0.247 e. The van der Waals surface area contributed by atoms with Crippen molar-refractivity contribution in [2.75, 3.05) is 0 Å². The fourth-order valence-corrected chi connectivity index (χ4v) is 3.80. The lowest BCUT2D eigenvalue weighted by Gasteiger charge is -2.52. The molecule has 0 aromatic carbocycles. The van der Waals surface area contributed by atoms with Gasteiger partial charge >= 0.3 is 0 Å². The summed E-state index contributed by atoms with van der Waals surface area (Å²) in [4.78, 5) is 0. The Balaban J connectivity index is 2.28. The van der Waals surface area contributed by atoms with E-state index in [9.17, 15) is 13.2 Å². The zero-order valence-electron chi connectivity index (χ0n) is 8.75. The number of hydrogen-bond donors (Lipinski definition) is 0. The Labute approximate surface area is 82.9 Å². The molecule has 0 heterocycles. The smallest absolute Gasteiger partial charge is 0.117 e. The van der Waals surface area contributed by atoms with E-state index in [1.807, 2.05) is 6.92 Å². The Morgan fingerprint density at radius 1 is 1.00 bits per heavy atom. The van der Waals surface area contributed by atoms with Crippen LogP contribution in [0.25, 0.3) is 0 Å². The van der Waals surface area contributed by atoms with Crippen LogP contribution in [0.5, 0.6) is 0 Å². The number of fused-ring (bicyclic) bond motifs is 2. The summed E-state index contributed by atoms with van der Waals surface area (Å²) in [7, 11) is 0. The van der Waals surface area contributed by atoms with Crippen molar-refractivity contribution >= 4 is 0 Å². The summed E-state index contributed by atoms with van der Waals surface area (Å²) < 4.78 is 41.2. The van der Waals surface area contributed by atoms with Crippen LogP contribution >= 0.6 is 0 Å². The van der Waals surface area contributed by atoms with Crippen LogP contribution in [0.1, 0.15) is 46.0 Å². The maximum absolute atomic E-state index is 14.1. The molecule has 0 N–H and O–H groups in total. The molecule has 0 aromatic heterocycles. The first-order chi connectivity index (χ1) is 6.22. The zero-order valence-corrected chi connectivity index (χ0v) is 8.75. The van der Waals surface area contributed by atoms with Crippen LogP contribution in [0, 0.1) is 5.41 Å². The van der Waals surface area contributed by atoms with Crippen LogP contribution in [0.2, 0.25) is 0 Å². The van der Waals surface area contributed by atoms with Gasteiger partial charge in [0.1, 0.15) is 17.5 Å². The third-order valence-electron chi connectivity index (χ3n) is 3.53. The summed E-state index contributed by atoms with van der Waals surface area (Å²) in [6.45, 7) is 3.25. The zero-order chi connectivity index (χ0) is 10.6. The molecule has 0 amide bonds. The van der Waals surface area contributed by atoms with E-state index in [2.05, 4.69) is 0 Å². The van der Waals surface area contributed by atoms with Gasteiger partial charge in [0.25, 0.3) is 0 Å². The van der Waals surface area contributed by atoms with E-state index in [1.165, 1.54) is 6.92 Å². The lowest BCUT2D eigenvalue weighted by atomic mass is 9.57. The maximum atomic E-state index is 14.1. The molecule has 2 rings (SSSR count). The van der Waals surface area contributed by atoms with E-state index >= 15 is 0 Å². The van der Waals surface area contributed by atoms with Gasteiger partial charge in [-0.05, 0) is 31.6 Å². The van der Waals surface area contributed by atoms with Gasteiger partial charge in [-0.3, -0.25) is 0 Å². The molecule has 4 atom stereocenters. The van der Waals surface area contributed by atoms with Crippen LogP contribution in [0.3, 0.4) is 0 Å². The molecule has 0 saturated heterocycles. The van der Waals surface area contributed by atoms with Gasteiger partial charge in [0.2, 0.25) is 0 Å². The van der Waals surface area contributed by atoms with Crippen LogP contribution in [0.15, 0.2) is 0 Å². The molecule has 14 heavy (non-hydrogen) atoms. The maximum Gasteiger partial charge on any atom is 0.117 e. The fourth-order valence-electron chi connectivity index (χ4n) is 3.80. The first kappa shape index (κ1) is 10.3. The Morgan fingerprint density at radius 3 is 2.21 bits per heavy atom. The minimum absolute atomic E-state index is 0.109. The monoisotopic (exact) mass is 206 g/mol. The molecule has 82 valence electrons. The Hall–Kier alpha value is -0.210. The summed E-state index contributed by atoms with van der Waals surface area (Å²) in [6, 6.07) is 0. The first-order valence-electron chi connectivity index (χ1n) is 5.24. The molecule has 0 aliphatic heterocycles. The molecule has 2 aliphatic rings. The highest BCUT2D eigenvalue weighted by Gasteiger charge is 2.56. The highest BCUT2D eigenvalue weighted by Crippen LogP contribution is 2.57. The van der Waals surface area contributed by atoms with Crippen LogP contribution in [0.4, 0.5) is 13.2 Å². The van der Waals surface area contributed by atoms with E-state index in [1.54, 1.807) is 0 Å². The third kappa shape index (κ3) is 1.78. The van der Waals surface area contributed by atoms with Crippen molar-refractivity contribution in [2.45, 2.75) is 63.5 Å². The molecule has 0 nitrogen and oxygen atoms in total. The standard InChI is InChI=1S/C11H17F3/c1-9-3-8(12)4-11(14,6-9)7-10(2,13)5-9/h8H,3-7H2,1-2H3. The van der Waals surface area contributed by atoms with Crippen LogP contribution in [-0.2, 0) is 0 Å². The molecule has 0 radical (unpaired) electrons. The second-order valence-corrected chi connectivity index (χ2v) is 5.91. The van der Waals surface area contributed by atoms with Gasteiger partial charge in [-0.2, -0.15) is 0 Å². The van der Waals surface area contributed by atoms with E-state index in [-0.39, 0.29) is 12.8 Å². The summed E-state index contributed by atoms with van der Waals surface area (Å²) in [5.41, 5.74) is -3.54. The van der Waals surface area contributed by atoms with Crippen molar-refractivity contribution < 1.29 is 13.2 Å². The van der Waals surface area contributed by atoms with Crippen molar-refractivity contribution in [3.05, 3.63) is 0 Å². The van der Waals surface area contributed by atoms with Gasteiger partial charge in [0, 0.05) is 12.8 Å². The van der Waals surface area contributed by atoms with Crippen LogP contribution in [-0.4, -0.2) is 17.5 Å². The van der Waals surface area contributed by atoms with E-state index in [0.29, 0.717) is 19.3 Å². The third-order valence-corrected chi connectivity index (χ3v) is 3.53. The summed E-state index contributed by atoms with van der Waals surface area (Å²) >= 11 is 0. The molecule has 0 spiro atoms. The highest BCUT2D eigenvalue weighted by atomic mass is 19.2. The van der Waals surface area contributed by atoms with Gasteiger partial charge < -0.3 is 0 Å². The second kappa shape index (κ2) is 2.67. The molecule has 2 fully saturated rings. The average molecular weight is 206 g/mol. The van der Waals surface area contributed by atoms with Gasteiger partial charge in [0.15, 0.2) is 0 Å². The Morgan fingerprint density at radius 2 is 1.64 bits per heavy atom. The molecule has 2 saturated carbocycles. The lowest BCUT2D eigenvalue weighted by molar-refractivity contribution is -0.111. The van der Waals surface area contributed by atoms with Gasteiger partial charge in [-0.25, -0.2) is 13.2 Å². The average Bonchev–Trinajstić information content (AvgIpc) is 1.71. The van der Waals surface area contributed by atoms with E-state index in [0.717, 1.165) is 0 Å². The molecule has 4 unspecified atom stereocenters. The molecule has 0 aromatic rings. The van der Waals surface area contributed by atoms with Crippen molar-refractivity contribution in [1.29, 1.82) is 0 Å². The molecule has 3 heteroatoms. The Kier molecular flexibility index (Phi) is 1.97. The molecule has 2 aliphatic carbocycles. The first-order valence-corrected chi connectivity index (χ1v) is 5.24. The topological polar surface area (TPSA) is 0 Å². The predicted octanol–water partition coefficient (Wildman–Crippen LogP) is 3.75. The lowest BCUT2D eigenvalue weighted by Crippen LogP contribution is -2.52. The predicted molar refractivity (Wildman–Crippen MR) is 49.4 cm³/mol. The fraction of sp³-hybridized carbons (Fsp3) is 1.00. The van der Waals surface area contributed by atoms with Crippen molar-refractivity contribution in [2.24, 2.45) is 5.41 Å². The van der Waals surface area contributed by atoms with Gasteiger partial charge in [0.05, 0.1) is 0 Å². The number of hydrogen-bond acceptors (Lipinski definition) is 0. The molecular weight excluding hydrogens is 189 g/mol. The normalized spacial score (nSPS) is 58.5. The largest absolute Gasteiger partial charge is 0.247 e. The van der Waals surface area contributed by atoms with Gasteiger partial charge in [-0.1, -0.05) is 6.92 Å². The molecule has 2 bridgehead atoms. The minimum atomic E-state index is -1.60. The number of rotatable bonds is 0. The van der Waals surface area contributed by atoms with E-state index in [4.69, 9.17) is 0 Å². The Bertz CT molecular complexity index is 221. The highest BCUT2D eigenvalue weighted by molar-refractivity contribution is 5.06. The van der Waals surface area contributed by atoms with E-state index < -0.39 is 22.9 Å². The number of halogens is 3. The quantitative estimate of drug-likeness (QED) is 0.566. The van der Waals surface area contributed by atoms with Crippen molar-refractivity contribution in [3.8, 4) is 0 Å². The second-order valence-electron chi connectivity index (χ2n) is 5.91. The summed E-state index contributed by atoms with van der Waals surface area (Å²) in [5.74, 6) is 0. The summed E-state index contributed by atoms with van der Waals surface area (Å²) in [6.07, 6.45) is -0.377.